The van der Waals surface area contributed by atoms with Crippen molar-refractivity contribution in [2.75, 3.05) is 0 Å². The average molecular weight is 308 g/mol. The average Bonchev–Trinajstić information content (AvgIpc) is 2.46. The summed E-state index contributed by atoms with van der Waals surface area (Å²) in [6, 6.07) is 6.73. The van der Waals surface area contributed by atoms with E-state index in [2.05, 4.69) is 0 Å². The van der Waals surface area contributed by atoms with Crippen LogP contribution in [0.5, 0.6) is 0 Å². The van der Waals surface area contributed by atoms with Crippen LogP contribution < -0.4 is 0 Å². The summed E-state index contributed by atoms with van der Waals surface area (Å²) in [7, 11) is 0. The molecule has 0 nitrogen and oxygen atoms in total. The third-order valence-electron chi connectivity index (χ3n) is 2.76. The molecule has 0 radical (unpaired) electrons. The highest BCUT2D eigenvalue weighted by Gasteiger charge is 2.03. The van der Waals surface area contributed by atoms with Crippen molar-refractivity contribution in [1.29, 1.82) is 0 Å². The van der Waals surface area contributed by atoms with E-state index in [-0.39, 0.29) is 5.92 Å². The highest BCUT2D eigenvalue weighted by Crippen LogP contribution is 2.21. The number of rotatable bonds is 6. The van der Waals surface area contributed by atoms with Crippen LogP contribution in [0.4, 0.5) is 17.6 Å². The maximum absolute atomic E-state index is 12.2. The molecule has 0 aliphatic carbocycles. The Kier molecular flexibility index (Phi) is 7.68. The van der Waals surface area contributed by atoms with Gasteiger partial charge >= 0.3 is 0 Å². The van der Waals surface area contributed by atoms with Crippen molar-refractivity contribution in [2.24, 2.45) is 0 Å². The van der Waals surface area contributed by atoms with Gasteiger partial charge in [0.2, 0.25) is 0 Å². The quantitative estimate of drug-likeness (QED) is 0.321. The van der Waals surface area contributed by atoms with E-state index in [4.69, 9.17) is 0 Å². The Balaban J connectivity index is 2.87. The van der Waals surface area contributed by atoms with Gasteiger partial charge in [0, 0.05) is 18.1 Å². The molecule has 0 aliphatic heterocycles. The van der Waals surface area contributed by atoms with Gasteiger partial charge in [-0.25, -0.2) is 0 Å². The normalized spacial score (nSPS) is 13.0. The second-order valence-corrected chi connectivity index (χ2v) is 4.38. The summed E-state index contributed by atoms with van der Waals surface area (Å²) in [6.45, 7) is 1.87. The van der Waals surface area contributed by atoms with Gasteiger partial charge in [0.1, 0.15) is 0 Å². The van der Waals surface area contributed by atoms with E-state index in [1.165, 1.54) is 12.2 Å². The van der Waals surface area contributed by atoms with Crippen molar-refractivity contribution in [2.45, 2.75) is 12.8 Å². The lowest BCUT2D eigenvalue weighted by atomic mass is 9.97. The molecule has 22 heavy (non-hydrogen) atoms. The van der Waals surface area contributed by atoms with Gasteiger partial charge in [-0.2, -0.15) is 17.6 Å². The van der Waals surface area contributed by atoms with Crippen molar-refractivity contribution in [1.82, 2.24) is 0 Å². The van der Waals surface area contributed by atoms with E-state index < -0.39 is 12.2 Å². The van der Waals surface area contributed by atoms with Crippen LogP contribution in [0.1, 0.15) is 24.0 Å². The van der Waals surface area contributed by atoms with Gasteiger partial charge in [0.15, 0.2) is 0 Å². The molecular formula is C18H16F4. The molecule has 0 aromatic heterocycles. The number of benzene rings is 1. The molecule has 0 bridgehead atoms. The summed E-state index contributed by atoms with van der Waals surface area (Å²) in [5.41, 5.74) is 1.35. The Bertz CT molecular complexity index is 596. The Hall–Kier alpha value is -2.36. The second-order valence-electron chi connectivity index (χ2n) is 4.38. The fourth-order valence-corrected chi connectivity index (χ4v) is 1.81. The lowest BCUT2D eigenvalue weighted by molar-refractivity contribution is 0.422. The van der Waals surface area contributed by atoms with Crippen LogP contribution in [-0.4, -0.2) is 0 Å². The molecule has 0 amide bonds. The Morgan fingerprint density at radius 1 is 0.864 bits per heavy atom. The van der Waals surface area contributed by atoms with E-state index >= 15 is 0 Å². The van der Waals surface area contributed by atoms with Crippen LogP contribution in [0.15, 0.2) is 79.0 Å². The number of hydrogen-bond acceptors (Lipinski definition) is 0. The standard InChI is InChI=1S/C18H16F4/c1-2-6-15(7-4-3-5-8-17(19)20)16-11-9-14(10-12-16)13-18(21)22/h2-13,15H,1H3/b5-3+,6-2-,7-4?. The van der Waals surface area contributed by atoms with Crippen LogP contribution in [0.25, 0.3) is 6.08 Å². The molecule has 4 heteroatoms. The fourth-order valence-electron chi connectivity index (χ4n) is 1.81. The van der Waals surface area contributed by atoms with Crippen molar-refractivity contribution in [3.8, 4) is 0 Å². The summed E-state index contributed by atoms with van der Waals surface area (Å²) in [5, 5.41) is 0. The van der Waals surface area contributed by atoms with E-state index in [1.807, 2.05) is 25.2 Å². The molecule has 1 atom stereocenters. The molecule has 1 rings (SSSR count). The van der Waals surface area contributed by atoms with Crippen LogP contribution >= 0.6 is 0 Å². The fraction of sp³-hybridized carbons (Fsp3) is 0.111. The third-order valence-corrected chi connectivity index (χ3v) is 2.76. The van der Waals surface area contributed by atoms with Gasteiger partial charge in [-0.1, -0.05) is 60.7 Å². The zero-order chi connectivity index (χ0) is 16.4. The van der Waals surface area contributed by atoms with Crippen LogP contribution in [0.3, 0.4) is 0 Å². The minimum absolute atomic E-state index is 0.0536. The molecule has 0 saturated heterocycles. The first-order chi connectivity index (χ1) is 10.5. The second kappa shape index (κ2) is 9.55. The summed E-state index contributed by atoms with van der Waals surface area (Å²) in [5.74, 6) is -0.0536. The molecular weight excluding hydrogens is 292 g/mol. The molecule has 1 unspecified atom stereocenters. The molecule has 116 valence electrons. The highest BCUT2D eigenvalue weighted by atomic mass is 19.3. The molecule has 0 fully saturated rings. The SMILES string of the molecule is C/C=C\C(C=C/C=C/C=C(F)F)c1ccc(C=C(F)F)cc1. The van der Waals surface area contributed by atoms with Crippen LogP contribution in [0, 0.1) is 0 Å². The first kappa shape index (κ1) is 17.7. The zero-order valence-corrected chi connectivity index (χ0v) is 12.0. The maximum atomic E-state index is 12.2. The molecule has 0 N–H and O–H groups in total. The lowest BCUT2D eigenvalue weighted by Gasteiger charge is -2.08. The molecule has 0 saturated carbocycles. The predicted octanol–water partition coefficient (Wildman–Crippen LogP) is 6.48. The third kappa shape index (κ3) is 6.88. The summed E-state index contributed by atoms with van der Waals surface area (Å²) in [6.07, 6.45) is 8.06. The van der Waals surface area contributed by atoms with Gasteiger partial charge < -0.3 is 0 Å². The summed E-state index contributed by atoms with van der Waals surface area (Å²) >= 11 is 0. The van der Waals surface area contributed by atoms with E-state index in [9.17, 15) is 17.6 Å². The van der Waals surface area contributed by atoms with Crippen LogP contribution in [-0.2, 0) is 0 Å². The van der Waals surface area contributed by atoms with Crippen molar-refractivity contribution < 1.29 is 17.6 Å². The monoisotopic (exact) mass is 308 g/mol. The molecule has 0 heterocycles. The van der Waals surface area contributed by atoms with E-state index in [0.29, 0.717) is 11.6 Å². The molecule has 0 spiro atoms. The summed E-state index contributed by atoms with van der Waals surface area (Å²) in [4.78, 5) is 0. The van der Waals surface area contributed by atoms with Crippen LogP contribution in [0.2, 0.25) is 0 Å². The van der Waals surface area contributed by atoms with Gasteiger partial charge in [0.05, 0.1) is 0 Å². The Morgan fingerprint density at radius 2 is 1.55 bits per heavy atom. The predicted molar refractivity (Wildman–Crippen MR) is 82.8 cm³/mol. The number of hydrogen-bond donors (Lipinski definition) is 0. The van der Waals surface area contributed by atoms with Gasteiger partial charge in [-0.15, -0.1) is 0 Å². The van der Waals surface area contributed by atoms with Crippen molar-refractivity contribution >= 4 is 6.08 Å². The largest absolute Gasteiger partial charge is 0.270 e. The smallest absolute Gasteiger partial charge is 0.173 e. The minimum atomic E-state index is -1.75. The Labute approximate surface area is 127 Å². The van der Waals surface area contributed by atoms with E-state index in [1.54, 1.807) is 30.3 Å². The number of halogens is 4. The van der Waals surface area contributed by atoms with Crippen molar-refractivity contribution in [3.63, 3.8) is 0 Å². The zero-order valence-electron chi connectivity index (χ0n) is 12.0. The van der Waals surface area contributed by atoms with E-state index in [0.717, 1.165) is 11.6 Å². The number of allylic oxidation sites excluding steroid dienone is 7. The maximum Gasteiger partial charge on any atom is 0.270 e. The lowest BCUT2D eigenvalue weighted by Crippen LogP contribution is -1.91. The van der Waals surface area contributed by atoms with Crippen molar-refractivity contribution in [3.05, 3.63) is 90.1 Å². The minimum Gasteiger partial charge on any atom is -0.173 e. The molecule has 0 aliphatic rings. The topological polar surface area (TPSA) is 0 Å². The highest BCUT2D eigenvalue weighted by molar-refractivity contribution is 5.51. The molecule has 1 aromatic carbocycles. The van der Waals surface area contributed by atoms with Gasteiger partial charge in [0.25, 0.3) is 12.2 Å². The first-order valence-electron chi connectivity index (χ1n) is 6.64. The summed E-state index contributed by atoms with van der Waals surface area (Å²) < 4.78 is 48.0. The van der Waals surface area contributed by atoms with Gasteiger partial charge in [-0.3, -0.25) is 0 Å². The van der Waals surface area contributed by atoms with Gasteiger partial charge in [-0.05, 0) is 18.1 Å². The Morgan fingerprint density at radius 3 is 2.09 bits per heavy atom. The molecule has 1 aromatic rings. The first-order valence-corrected chi connectivity index (χ1v) is 6.64.